The fraction of sp³-hybridized carbons (Fsp3) is 0. The first-order valence-electron chi connectivity index (χ1n) is 8.23. The van der Waals surface area contributed by atoms with Crippen LogP contribution in [-0.2, 0) is 9.53 Å². The number of non-ortho nitro benzene ring substituents is 1. The molecule has 0 saturated heterocycles. The maximum atomic E-state index is 12.2. The molecule has 144 valence electrons. The number of hydrogen-bond acceptors (Lipinski definition) is 6. The summed E-state index contributed by atoms with van der Waals surface area (Å²) in [6.07, 6.45) is 1.46. The molecule has 3 aromatic rings. The predicted molar refractivity (Wildman–Crippen MR) is 116 cm³/mol. The Kier molecular flexibility index (Phi) is 5.20. The van der Waals surface area contributed by atoms with Crippen molar-refractivity contribution >= 4 is 57.8 Å². The van der Waals surface area contributed by atoms with Crippen LogP contribution in [0.2, 0.25) is 5.02 Å². The first-order valence-corrected chi connectivity index (χ1v) is 9.69. The number of nitro groups is 1. The smallest absolute Gasteiger partial charge is 0.363 e. The number of cyclic esters (lactones) is 1. The number of nitrogens with zero attached hydrogens (tertiary/aromatic N) is 2. The van der Waals surface area contributed by atoms with Gasteiger partial charge in [-0.15, -0.1) is 0 Å². The van der Waals surface area contributed by atoms with Crippen LogP contribution in [0.3, 0.4) is 0 Å². The standard InChI is InChI=1S/C20H10ClIN2O5/c21-16-7-3-12(22)9-15(16)19-23-17(20(25)29-19)10-14-6-8-18(28-14)11-1-4-13(5-2-11)24(26)27/h1-10H/b17-10-. The Bertz CT molecular complexity index is 1200. The van der Waals surface area contributed by atoms with Gasteiger partial charge in [0, 0.05) is 27.3 Å². The molecule has 0 spiro atoms. The molecule has 0 atom stereocenters. The summed E-state index contributed by atoms with van der Waals surface area (Å²) in [7, 11) is 0. The minimum atomic E-state index is -0.608. The number of carbonyl (C=O) groups excluding carboxylic acids is 1. The van der Waals surface area contributed by atoms with Crippen LogP contribution in [0.15, 0.2) is 69.7 Å². The average Bonchev–Trinajstić information content (AvgIpc) is 3.31. The predicted octanol–water partition coefficient (Wildman–Crippen LogP) is 5.46. The lowest BCUT2D eigenvalue weighted by atomic mass is 10.1. The second-order valence-electron chi connectivity index (χ2n) is 5.97. The second kappa shape index (κ2) is 7.80. The van der Waals surface area contributed by atoms with Gasteiger partial charge < -0.3 is 9.15 Å². The van der Waals surface area contributed by atoms with Gasteiger partial charge in [-0.05, 0) is 65.1 Å². The van der Waals surface area contributed by atoms with E-state index in [1.807, 2.05) is 6.07 Å². The second-order valence-corrected chi connectivity index (χ2v) is 7.62. The molecule has 9 heteroatoms. The van der Waals surface area contributed by atoms with Gasteiger partial charge in [-0.1, -0.05) is 11.6 Å². The molecule has 0 amide bonds. The van der Waals surface area contributed by atoms with Crippen LogP contribution in [0.1, 0.15) is 11.3 Å². The van der Waals surface area contributed by atoms with Crippen LogP contribution in [0.5, 0.6) is 0 Å². The van der Waals surface area contributed by atoms with Gasteiger partial charge in [0.25, 0.3) is 5.69 Å². The summed E-state index contributed by atoms with van der Waals surface area (Å²) < 4.78 is 11.9. The van der Waals surface area contributed by atoms with Crippen LogP contribution in [0, 0.1) is 13.7 Å². The molecule has 0 radical (unpaired) electrons. The van der Waals surface area contributed by atoms with Crippen LogP contribution in [0.4, 0.5) is 5.69 Å². The summed E-state index contributed by atoms with van der Waals surface area (Å²) in [5.74, 6) is 0.419. The van der Waals surface area contributed by atoms with Gasteiger partial charge in [0.1, 0.15) is 11.5 Å². The number of rotatable bonds is 4. The van der Waals surface area contributed by atoms with Crippen LogP contribution < -0.4 is 0 Å². The van der Waals surface area contributed by atoms with Gasteiger partial charge in [-0.2, -0.15) is 0 Å². The molecule has 0 saturated carbocycles. The van der Waals surface area contributed by atoms with Gasteiger partial charge >= 0.3 is 5.97 Å². The Morgan fingerprint density at radius 3 is 2.59 bits per heavy atom. The Labute approximate surface area is 182 Å². The zero-order valence-corrected chi connectivity index (χ0v) is 17.4. The highest BCUT2D eigenvalue weighted by atomic mass is 127. The van der Waals surface area contributed by atoms with Crippen molar-refractivity contribution in [2.75, 3.05) is 0 Å². The Morgan fingerprint density at radius 1 is 1.10 bits per heavy atom. The highest BCUT2D eigenvalue weighted by Gasteiger charge is 2.26. The molecule has 4 rings (SSSR count). The molecular weight excluding hydrogens is 511 g/mol. The van der Waals surface area contributed by atoms with Crippen molar-refractivity contribution in [1.29, 1.82) is 0 Å². The van der Waals surface area contributed by atoms with Crippen LogP contribution in [-0.4, -0.2) is 16.8 Å². The molecule has 2 heterocycles. The van der Waals surface area contributed by atoms with Gasteiger partial charge in [0.05, 0.1) is 15.5 Å². The molecule has 0 unspecified atom stereocenters. The van der Waals surface area contributed by atoms with Crippen molar-refractivity contribution < 1.29 is 18.9 Å². The number of furan rings is 1. The van der Waals surface area contributed by atoms with Crippen LogP contribution in [0.25, 0.3) is 17.4 Å². The van der Waals surface area contributed by atoms with E-state index < -0.39 is 10.9 Å². The fourth-order valence-corrected chi connectivity index (χ4v) is 3.34. The molecule has 0 fully saturated rings. The van der Waals surface area contributed by atoms with Crippen molar-refractivity contribution in [1.82, 2.24) is 0 Å². The van der Waals surface area contributed by atoms with Gasteiger partial charge in [0.2, 0.25) is 5.90 Å². The zero-order chi connectivity index (χ0) is 20.5. The highest BCUT2D eigenvalue weighted by Crippen LogP contribution is 2.28. The van der Waals surface area contributed by atoms with Gasteiger partial charge in [-0.3, -0.25) is 10.1 Å². The van der Waals surface area contributed by atoms with Crippen LogP contribution >= 0.6 is 34.2 Å². The highest BCUT2D eigenvalue weighted by molar-refractivity contribution is 14.1. The Balaban J connectivity index is 1.61. The number of aliphatic imine (C=N–C) groups is 1. The molecule has 2 aromatic carbocycles. The number of nitro benzene ring substituents is 1. The minimum absolute atomic E-state index is 0.00699. The molecular formula is C20H10ClIN2O5. The minimum Gasteiger partial charge on any atom is -0.457 e. The summed E-state index contributed by atoms with van der Waals surface area (Å²) >= 11 is 8.31. The van der Waals surface area contributed by atoms with Gasteiger partial charge in [-0.25, -0.2) is 9.79 Å². The third-order valence-corrected chi connectivity index (χ3v) is 5.05. The van der Waals surface area contributed by atoms with Gasteiger partial charge in [0.15, 0.2) is 5.70 Å². The molecule has 29 heavy (non-hydrogen) atoms. The lowest BCUT2D eigenvalue weighted by Gasteiger charge is -2.02. The third kappa shape index (κ3) is 4.08. The number of benzene rings is 2. The monoisotopic (exact) mass is 520 g/mol. The fourth-order valence-electron chi connectivity index (χ4n) is 2.65. The lowest BCUT2D eigenvalue weighted by molar-refractivity contribution is -0.384. The van der Waals surface area contributed by atoms with E-state index in [-0.39, 0.29) is 17.3 Å². The van der Waals surface area contributed by atoms with E-state index in [1.54, 1.807) is 36.4 Å². The molecule has 0 aliphatic carbocycles. The van der Waals surface area contributed by atoms with Crippen molar-refractivity contribution in [2.24, 2.45) is 4.99 Å². The number of ether oxygens (including phenoxy) is 1. The molecule has 1 aromatic heterocycles. The summed E-state index contributed by atoms with van der Waals surface area (Å²) in [4.78, 5) is 26.7. The Morgan fingerprint density at radius 2 is 1.86 bits per heavy atom. The van der Waals surface area contributed by atoms with E-state index in [0.29, 0.717) is 27.7 Å². The SMILES string of the molecule is O=C1OC(c2cc(I)ccc2Cl)=N/C1=C\c1ccc(-c2ccc([N+](=O)[O-])cc2)o1. The van der Waals surface area contributed by atoms with Crippen molar-refractivity contribution in [2.45, 2.75) is 0 Å². The number of carbonyl (C=O) groups is 1. The number of halogens is 2. The van der Waals surface area contributed by atoms with E-state index in [0.717, 1.165) is 3.57 Å². The van der Waals surface area contributed by atoms with Crippen molar-refractivity contribution in [3.8, 4) is 11.3 Å². The molecule has 0 N–H and O–H groups in total. The van der Waals surface area contributed by atoms with Crippen molar-refractivity contribution in [3.63, 3.8) is 0 Å². The van der Waals surface area contributed by atoms with Crippen molar-refractivity contribution in [3.05, 3.63) is 90.3 Å². The molecule has 0 bridgehead atoms. The summed E-state index contributed by atoms with van der Waals surface area (Å²) in [5, 5.41) is 11.2. The summed E-state index contributed by atoms with van der Waals surface area (Å²) in [5.41, 5.74) is 1.28. The Hall–Kier alpha value is -2.98. The molecule has 1 aliphatic heterocycles. The van der Waals surface area contributed by atoms with E-state index in [9.17, 15) is 14.9 Å². The third-order valence-electron chi connectivity index (χ3n) is 4.05. The summed E-state index contributed by atoms with van der Waals surface area (Å²) in [6.45, 7) is 0. The first kappa shape index (κ1) is 19.3. The maximum Gasteiger partial charge on any atom is 0.363 e. The first-order chi connectivity index (χ1) is 13.9. The number of hydrogen-bond donors (Lipinski definition) is 0. The van der Waals surface area contributed by atoms with E-state index >= 15 is 0 Å². The lowest BCUT2D eigenvalue weighted by Crippen LogP contribution is -2.06. The average molecular weight is 521 g/mol. The quantitative estimate of drug-likeness (QED) is 0.150. The topological polar surface area (TPSA) is 94.9 Å². The zero-order valence-electron chi connectivity index (χ0n) is 14.5. The maximum absolute atomic E-state index is 12.2. The van der Waals surface area contributed by atoms with E-state index in [4.69, 9.17) is 20.8 Å². The largest absolute Gasteiger partial charge is 0.457 e. The normalized spacial score (nSPS) is 14.8. The summed E-state index contributed by atoms with van der Waals surface area (Å²) in [6, 6.07) is 14.7. The molecule has 7 nitrogen and oxygen atoms in total. The molecule has 1 aliphatic rings. The number of esters is 1. The van der Waals surface area contributed by atoms with E-state index in [2.05, 4.69) is 27.6 Å². The van der Waals surface area contributed by atoms with E-state index in [1.165, 1.54) is 18.2 Å².